The summed E-state index contributed by atoms with van der Waals surface area (Å²) in [4.78, 5) is 23.8. The molecule has 0 amide bonds. The quantitative estimate of drug-likeness (QED) is 0.452. The molecule has 0 aromatic carbocycles. The van der Waals surface area contributed by atoms with Crippen LogP contribution in [0.4, 0.5) is 0 Å². The van der Waals surface area contributed by atoms with Gasteiger partial charge in [0, 0.05) is 0 Å². The van der Waals surface area contributed by atoms with Gasteiger partial charge in [0.15, 0.2) is 5.78 Å². The predicted octanol–water partition coefficient (Wildman–Crippen LogP) is 2.01. The summed E-state index contributed by atoms with van der Waals surface area (Å²) in [6, 6.07) is 0. The smallest absolute Gasteiger partial charge is 0.319 e. The average Bonchev–Trinajstić information content (AvgIpc) is 2.37. The van der Waals surface area contributed by atoms with Gasteiger partial charge in [-0.05, 0) is 45.1 Å². The lowest BCUT2D eigenvalue weighted by Gasteiger charge is -2.30. The largest absolute Gasteiger partial charge is 0.465 e. The van der Waals surface area contributed by atoms with Gasteiger partial charge in [-0.1, -0.05) is 5.57 Å². The standard InChI is InChI=1S/C12H16O3/c1-9-4-6-12(10(13)8-9)5-2-3-7-15-11(12)14/h8H,2-7H2,1H3. The third kappa shape index (κ3) is 1.71. The molecule has 1 fully saturated rings. The van der Waals surface area contributed by atoms with E-state index in [1.165, 1.54) is 0 Å². The fourth-order valence-electron chi connectivity index (χ4n) is 2.35. The van der Waals surface area contributed by atoms with Gasteiger partial charge >= 0.3 is 5.97 Å². The first-order valence-corrected chi connectivity index (χ1v) is 5.54. The van der Waals surface area contributed by atoms with Crippen LogP contribution in [0, 0.1) is 5.41 Å². The highest BCUT2D eigenvalue weighted by Gasteiger charge is 2.47. The van der Waals surface area contributed by atoms with E-state index in [1.54, 1.807) is 6.08 Å². The van der Waals surface area contributed by atoms with Crippen LogP contribution in [-0.2, 0) is 14.3 Å². The van der Waals surface area contributed by atoms with Gasteiger partial charge in [-0.2, -0.15) is 0 Å². The van der Waals surface area contributed by atoms with Crippen molar-refractivity contribution in [3.8, 4) is 0 Å². The lowest BCUT2D eigenvalue weighted by molar-refractivity contribution is -0.158. The highest BCUT2D eigenvalue weighted by atomic mass is 16.5. The molecule has 0 saturated carbocycles. The molecule has 1 atom stereocenters. The van der Waals surface area contributed by atoms with Gasteiger partial charge in [-0.3, -0.25) is 9.59 Å². The van der Waals surface area contributed by atoms with Crippen LogP contribution >= 0.6 is 0 Å². The molecule has 1 heterocycles. The molecule has 0 aromatic heterocycles. The SMILES string of the molecule is CC1=CC(=O)C2(CCCCOC2=O)CC1. The predicted molar refractivity (Wildman–Crippen MR) is 55.2 cm³/mol. The summed E-state index contributed by atoms with van der Waals surface area (Å²) in [5.74, 6) is -0.341. The Balaban J connectivity index is 2.31. The maximum atomic E-state index is 12.0. The number of hydrogen-bond donors (Lipinski definition) is 0. The van der Waals surface area contributed by atoms with Crippen LogP contribution in [0.25, 0.3) is 0 Å². The molecule has 1 aliphatic carbocycles. The van der Waals surface area contributed by atoms with Crippen molar-refractivity contribution in [2.45, 2.75) is 39.0 Å². The molecule has 2 aliphatic rings. The number of ketones is 1. The van der Waals surface area contributed by atoms with E-state index in [2.05, 4.69) is 0 Å². The van der Waals surface area contributed by atoms with Crippen LogP contribution in [-0.4, -0.2) is 18.4 Å². The van der Waals surface area contributed by atoms with Crippen LogP contribution < -0.4 is 0 Å². The van der Waals surface area contributed by atoms with E-state index in [0.717, 1.165) is 24.8 Å². The fraction of sp³-hybridized carbons (Fsp3) is 0.667. The Labute approximate surface area is 89.5 Å². The Hall–Kier alpha value is -1.12. The second-order valence-electron chi connectivity index (χ2n) is 4.53. The normalized spacial score (nSPS) is 32.2. The Kier molecular flexibility index (Phi) is 2.63. The molecule has 0 N–H and O–H groups in total. The van der Waals surface area contributed by atoms with Gasteiger partial charge in [0.25, 0.3) is 0 Å². The second-order valence-corrected chi connectivity index (χ2v) is 4.53. The van der Waals surface area contributed by atoms with Crippen molar-refractivity contribution >= 4 is 11.8 Å². The van der Waals surface area contributed by atoms with Crippen molar-refractivity contribution < 1.29 is 14.3 Å². The summed E-state index contributed by atoms with van der Waals surface area (Å²) in [7, 11) is 0. The van der Waals surface area contributed by atoms with Gasteiger partial charge in [-0.15, -0.1) is 0 Å². The molecule has 0 aromatic rings. The van der Waals surface area contributed by atoms with Gasteiger partial charge in [-0.25, -0.2) is 0 Å². The molecule has 2 rings (SSSR count). The van der Waals surface area contributed by atoms with Gasteiger partial charge in [0.2, 0.25) is 0 Å². The van der Waals surface area contributed by atoms with Gasteiger partial charge < -0.3 is 4.74 Å². The average molecular weight is 208 g/mol. The summed E-state index contributed by atoms with van der Waals surface area (Å²) in [6.07, 6.45) is 5.53. The Morgan fingerprint density at radius 3 is 2.80 bits per heavy atom. The minimum absolute atomic E-state index is 0.0434. The Bertz CT molecular complexity index is 330. The van der Waals surface area contributed by atoms with Crippen molar-refractivity contribution in [3.05, 3.63) is 11.6 Å². The lowest BCUT2D eigenvalue weighted by atomic mass is 9.71. The number of allylic oxidation sites excluding steroid dienone is 2. The van der Waals surface area contributed by atoms with E-state index in [4.69, 9.17) is 4.74 Å². The highest BCUT2D eigenvalue weighted by Crippen LogP contribution is 2.39. The molecular formula is C12H16O3. The Morgan fingerprint density at radius 2 is 2.07 bits per heavy atom. The van der Waals surface area contributed by atoms with Crippen molar-refractivity contribution in [2.24, 2.45) is 5.41 Å². The van der Waals surface area contributed by atoms with E-state index in [-0.39, 0.29) is 11.8 Å². The van der Waals surface area contributed by atoms with Crippen molar-refractivity contribution in [2.75, 3.05) is 6.61 Å². The van der Waals surface area contributed by atoms with Crippen LogP contribution in [0.3, 0.4) is 0 Å². The number of carbonyl (C=O) groups is 2. The molecule has 82 valence electrons. The molecule has 1 saturated heterocycles. The van der Waals surface area contributed by atoms with E-state index in [9.17, 15) is 9.59 Å². The lowest BCUT2D eigenvalue weighted by Crippen LogP contribution is -2.40. The molecule has 0 bridgehead atoms. The highest BCUT2D eigenvalue weighted by molar-refractivity contribution is 6.10. The van der Waals surface area contributed by atoms with E-state index in [1.807, 2.05) is 6.92 Å². The number of rotatable bonds is 0. The zero-order valence-corrected chi connectivity index (χ0v) is 9.04. The molecular weight excluding hydrogens is 192 g/mol. The van der Waals surface area contributed by atoms with Crippen LogP contribution in [0.1, 0.15) is 39.0 Å². The summed E-state index contributed by atoms with van der Waals surface area (Å²) in [5, 5.41) is 0. The number of cyclic esters (lactones) is 1. The van der Waals surface area contributed by atoms with Crippen LogP contribution in [0.2, 0.25) is 0 Å². The minimum Gasteiger partial charge on any atom is -0.465 e. The molecule has 1 aliphatic heterocycles. The minimum atomic E-state index is -0.837. The first-order chi connectivity index (χ1) is 7.15. The van der Waals surface area contributed by atoms with E-state index in [0.29, 0.717) is 19.4 Å². The molecule has 3 nitrogen and oxygen atoms in total. The number of esters is 1. The monoisotopic (exact) mass is 208 g/mol. The first-order valence-electron chi connectivity index (χ1n) is 5.54. The summed E-state index contributed by atoms with van der Waals surface area (Å²) in [6.45, 7) is 2.41. The maximum absolute atomic E-state index is 12.0. The van der Waals surface area contributed by atoms with E-state index < -0.39 is 5.41 Å². The molecule has 3 heteroatoms. The van der Waals surface area contributed by atoms with Gasteiger partial charge in [0.05, 0.1) is 6.61 Å². The second kappa shape index (κ2) is 3.80. The fourth-order valence-corrected chi connectivity index (χ4v) is 2.35. The topological polar surface area (TPSA) is 43.4 Å². The third-order valence-electron chi connectivity index (χ3n) is 3.42. The number of carbonyl (C=O) groups excluding carboxylic acids is 2. The summed E-state index contributed by atoms with van der Waals surface area (Å²) < 4.78 is 5.11. The first kappa shape index (κ1) is 10.4. The molecule has 15 heavy (non-hydrogen) atoms. The molecule has 1 spiro atoms. The van der Waals surface area contributed by atoms with Crippen molar-refractivity contribution in [1.82, 2.24) is 0 Å². The summed E-state index contributed by atoms with van der Waals surface area (Å²) in [5.41, 5.74) is 0.235. The maximum Gasteiger partial charge on any atom is 0.319 e. The Morgan fingerprint density at radius 1 is 1.27 bits per heavy atom. The van der Waals surface area contributed by atoms with Crippen molar-refractivity contribution in [1.29, 1.82) is 0 Å². The number of ether oxygens (including phenoxy) is 1. The van der Waals surface area contributed by atoms with Crippen molar-refractivity contribution in [3.63, 3.8) is 0 Å². The zero-order chi connectivity index (χ0) is 10.9. The summed E-state index contributed by atoms with van der Waals surface area (Å²) >= 11 is 0. The van der Waals surface area contributed by atoms with Crippen LogP contribution in [0.15, 0.2) is 11.6 Å². The van der Waals surface area contributed by atoms with Gasteiger partial charge in [0.1, 0.15) is 5.41 Å². The third-order valence-corrected chi connectivity index (χ3v) is 3.42. The molecule has 0 radical (unpaired) electrons. The molecule has 1 unspecified atom stereocenters. The van der Waals surface area contributed by atoms with Crippen LogP contribution in [0.5, 0.6) is 0 Å². The zero-order valence-electron chi connectivity index (χ0n) is 9.04. The van der Waals surface area contributed by atoms with E-state index >= 15 is 0 Å². The number of hydrogen-bond acceptors (Lipinski definition) is 3.